The van der Waals surface area contributed by atoms with Crippen molar-refractivity contribution in [2.24, 2.45) is 17.8 Å². The summed E-state index contributed by atoms with van der Waals surface area (Å²) in [4.78, 5) is 17.6. The third-order valence-corrected chi connectivity index (χ3v) is 10.6. The first-order chi connectivity index (χ1) is 21.9. The van der Waals surface area contributed by atoms with Gasteiger partial charge in [0.15, 0.2) is 0 Å². The normalized spacial score (nSPS) is 22.5. The first kappa shape index (κ1) is 31.2. The third-order valence-electron chi connectivity index (χ3n) is 10.6. The quantitative estimate of drug-likeness (QED) is 0.255. The minimum absolute atomic E-state index is 0.0751. The molecule has 45 heavy (non-hydrogen) atoms. The Bertz CT molecular complexity index is 1490. The van der Waals surface area contributed by atoms with Crippen molar-refractivity contribution in [3.8, 4) is 6.07 Å². The van der Waals surface area contributed by atoms with Crippen molar-refractivity contribution in [1.82, 2.24) is 19.7 Å². The van der Waals surface area contributed by atoms with Crippen LogP contribution in [0.5, 0.6) is 0 Å². The molecule has 8 nitrogen and oxygen atoms in total. The summed E-state index contributed by atoms with van der Waals surface area (Å²) in [7, 11) is 0. The second-order valence-corrected chi connectivity index (χ2v) is 13.2. The van der Waals surface area contributed by atoms with Gasteiger partial charge in [-0.15, -0.1) is 10.2 Å². The SMILES string of the molecule is CCC(=O)O[C@H]1CCC[C@@H]1[C@](Cn1cnnc1CC)(c1cccc(F)c1)C1CCN(CC2CN(c3ccc(C#N)cc3)C2)CC1. The number of rotatable bonds is 11. The van der Waals surface area contributed by atoms with Gasteiger partial charge in [-0.3, -0.25) is 4.79 Å². The fraction of sp³-hybridized carbons (Fsp3) is 0.556. The van der Waals surface area contributed by atoms with Crippen LogP contribution in [0.2, 0.25) is 0 Å². The lowest BCUT2D eigenvalue weighted by atomic mass is 9.58. The van der Waals surface area contributed by atoms with Crippen LogP contribution in [0.15, 0.2) is 54.9 Å². The first-order valence-corrected chi connectivity index (χ1v) is 16.7. The second-order valence-electron chi connectivity index (χ2n) is 13.2. The number of halogens is 1. The lowest BCUT2D eigenvalue weighted by Gasteiger charge is -2.51. The van der Waals surface area contributed by atoms with E-state index in [0.717, 1.165) is 82.6 Å². The molecule has 3 aliphatic rings. The average molecular weight is 613 g/mol. The van der Waals surface area contributed by atoms with Gasteiger partial charge in [-0.05, 0) is 93.1 Å². The number of carbonyl (C=O) groups is 1. The minimum Gasteiger partial charge on any atom is -0.462 e. The van der Waals surface area contributed by atoms with E-state index in [-0.39, 0.29) is 29.7 Å². The zero-order chi connectivity index (χ0) is 31.4. The molecule has 0 radical (unpaired) electrons. The molecule has 2 saturated heterocycles. The minimum atomic E-state index is -0.432. The third kappa shape index (κ3) is 6.48. The molecule has 0 spiro atoms. The van der Waals surface area contributed by atoms with Crippen LogP contribution >= 0.6 is 0 Å². The number of anilines is 1. The monoisotopic (exact) mass is 612 g/mol. The van der Waals surface area contributed by atoms with E-state index in [0.29, 0.717) is 24.4 Å². The van der Waals surface area contributed by atoms with Crippen molar-refractivity contribution in [3.05, 3.63) is 77.6 Å². The Kier molecular flexibility index (Phi) is 9.50. The fourth-order valence-corrected chi connectivity index (χ4v) is 8.38. The Morgan fingerprint density at radius 2 is 1.87 bits per heavy atom. The zero-order valence-electron chi connectivity index (χ0n) is 26.6. The number of aryl methyl sites for hydroxylation is 1. The highest BCUT2D eigenvalue weighted by Crippen LogP contribution is 2.52. The molecular formula is C36H45FN6O2. The van der Waals surface area contributed by atoms with Crippen LogP contribution in [0.4, 0.5) is 10.1 Å². The maximum Gasteiger partial charge on any atom is 0.305 e. The van der Waals surface area contributed by atoms with Gasteiger partial charge in [0.25, 0.3) is 0 Å². The summed E-state index contributed by atoms with van der Waals surface area (Å²) in [5, 5.41) is 17.8. The topological polar surface area (TPSA) is 87.3 Å². The Hall–Kier alpha value is -3.77. The number of likely N-dealkylation sites (tertiary alicyclic amines) is 1. The smallest absolute Gasteiger partial charge is 0.305 e. The Balaban J connectivity index is 1.23. The van der Waals surface area contributed by atoms with E-state index in [4.69, 9.17) is 10.00 Å². The van der Waals surface area contributed by atoms with Crippen molar-refractivity contribution in [2.45, 2.75) is 76.9 Å². The number of piperidine rings is 1. The summed E-state index contributed by atoms with van der Waals surface area (Å²) in [6.45, 7) is 9.68. The largest absolute Gasteiger partial charge is 0.462 e. The van der Waals surface area contributed by atoms with E-state index in [1.807, 2.05) is 43.6 Å². The van der Waals surface area contributed by atoms with E-state index < -0.39 is 5.41 Å². The molecule has 1 aromatic heterocycles. The van der Waals surface area contributed by atoms with Crippen LogP contribution in [0.25, 0.3) is 0 Å². The molecule has 2 aromatic carbocycles. The number of benzene rings is 2. The number of hydrogen-bond acceptors (Lipinski definition) is 7. The number of hydrogen-bond donors (Lipinski definition) is 0. The molecular weight excluding hydrogens is 567 g/mol. The van der Waals surface area contributed by atoms with Gasteiger partial charge >= 0.3 is 5.97 Å². The molecule has 0 unspecified atom stereocenters. The van der Waals surface area contributed by atoms with Gasteiger partial charge in [-0.1, -0.05) is 26.0 Å². The van der Waals surface area contributed by atoms with Crippen LogP contribution in [0.1, 0.15) is 69.3 Å². The highest BCUT2D eigenvalue weighted by Gasteiger charge is 2.53. The van der Waals surface area contributed by atoms with Crippen LogP contribution in [-0.4, -0.2) is 64.5 Å². The highest BCUT2D eigenvalue weighted by molar-refractivity contribution is 5.69. The van der Waals surface area contributed by atoms with Gasteiger partial charge in [0.05, 0.1) is 11.6 Å². The van der Waals surface area contributed by atoms with Crippen molar-refractivity contribution in [2.75, 3.05) is 37.6 Å². The van der Waals surface area contributed by atoms with Gasteiger partial charge in [0.2, 0.25) is 0 Å². The molecule has 3 fully saturated rings. The fourth-order valence-electron chi connectivity index (χ4n) is 8.38. The molecule has 0 bridgehead atoms. The summed E-state index contributed by atoms with van der Waals surface area (Å²) in [5.74, 6) is 1.50. The Morgan fingerprint density at radius 1 is 1.09 bits per heavy atom. The first-order valence-electron chi connectivity index (χ1n) is 16.7. The predicted octanol–water partition coefficient (Wildman–Crippen LogP) is 5.76. The maximum absolute atomic E-state index is 15.0. The predicted molar refractivity (Wildman–Crippen MR) is 171 cm³/mol. The number of nitrogens with zero attached hydrogens (tertiary/aromatic N) is 6. The van der Waals surface area contributed by atoms with Crippen LogP contribution in [0.3, 0.4) is 0 Å². The van der Waals surface area contributed by atoms with Gasteiger partial charge in [0, 0.05) is 62.0 Å². The highest BCUT2D eigenvalue weighted by atomic mass is 19.1. The lowest BCUT2D eigenvalue weighted by Crippen LogP contribution is -2.55. The van der Waals surface area contributed by atoms with E-state index in [2.05, 4.69) is 43.6 Å². The number of nitriles is 1. The van der Waals surface area contributed by atoms with Crippen LogP contribution in [0, 0.1) is 34.9 Å². The van der Waals surface area contributed by atoms with E-state index >= 15 is 4.39 Å². The van der Waals surface area contributed by atoms with E-state index in [1.165, 1.54) is 11.8 Å². The molecule has 6 rings (SSSR count). The number of carbonyl (C=O) groups excluding carboxylic acids is 1. The number of aromatic nitrogens is 3. The van der Waals surface area contributed by atoms with Gasteiger partial charge in [0.1, 0.15) is 24.1 Å². The standard InChI is InChI=1S/C36H45FN6O2/c1-3-34-40-39-25-43(34)24-36(29-7-5-8-30(37)19-29,32-9-6-10-33(32)45-35(44)4-2)28-15-17-41(18-16-28)21-27-22-42(23-27)31-13-11-26(20-38)12-14-31/h5,7-8,11-14,19,25,27-28,32-33H,3-4,6,9-10,15-18,21-24H2,1-2H3/t32-,33-,36-/m0/s1. The van der Waals surface area contributed by atoms with Gasteiger partial charge in [-0.25, -0.2) is 4.39 Å². The average Bonchev–Trinajstić information content (AvgIpc) is 3.71. The van der Waals surface area contributed by atoms with E-state index in [1.54, 1.807) is 6.07 Å². The molecule has 3 aromatic rings. The molecule has 9 heteroatoms. The summed E-state index contributed by atoms with van der Waals surface area (Å²) in [6, 6.07) is 17.2. The second kappa shape index (κ2) is 13.7. The molecule has 0 N–H and O–H groups in total. The summed E-state index contributed by atoms with van der Waals surface area (Å²) < 4.78 is 23.4. The number of ether oxygens (including phenoxy) is 1. The zero-order valence-corrected chi connectivity index (χ0v) is 26.6. The van der Waals surface area contributed by atoms with Gasteiger partial charge < -0.3 is 19.1 Å². The molecule has 0 amide bonds. The summed E-state index contributed by atoms with van der Waals surface area (Å²) in [5.41, 5.74) is 2.44. The lowest BCUT2D eigenvalue weighted by molar-refractivity contribution is -0.152. The summed E-state index contributed by atoms with van der Waals surface area (Å²) >= 11 is 0. The van der Waals surface area contributed by atoms with Crippen molar-refractivity contribution >= 4 is 11.7 Å². The van der Waals surface area contributed by atoms with Crippen molar-refractivity contribution < 1.29 is 13.9 Å². The molecule has 1 saturated carbocycles. The van der Waals surface area contributed by atoms with Crippen LogP contribution < -0.4 is 4.90 Å². The Morgan fingerprint density at radius 3 is 2.56 bits per heavy atom. The van der Waals surface area contributed by atoms with Crippen LogP contribution in [-0.2, 0) is 27.9 Å². The van der Waals surface area contributed by atoms with E-state index in [9.17, 15) is 4.79 Å². The maximum atomic E-state index is 15.0. The molecule has 3 atom stereocenters. The summed E-state index contributed by atoms with van der Waals surface area (Å²) in [6.07, 6.45) is 7.50. The number of esters is 1. The molecule has 238 valence electrons. The molecule has 2 aliphatic heterocycles. The van der Waals surface area contributed by atoms with Gasteiger partial charge in [-0.2, -0.15) is 5.26 Å². The molecule has 3 heterocycles. The molecule has 1 aliphatic carbocycles. The van der Waals surface area contributed by atoms with Crippen molar-refractivity contribution in [3.63, 3.8) is 0 Å². The Labute approximate surface area is 266 Å². The van der Waals surface area contributed by atoms with Crippen molar-refractivity contribution in [1.29, 1.82) is 5.26 Å².